The zero-order valence-corrected chi connectivity index (χ0v) is 10.9. The van der Waals surface area contributed by atoms with Gasteiger partial charge in [-0.05, 0) is 30.2 Å². The maximum Gasteiger partial charge on any atom is 0.213 e. The maximum absolute atomic E-state index is 5.90. The molecule has 18 heavy (non-hydrogen) atoms. The quantitative estimate of drug-likeness (QED) is 0.919. The second-order valence-corrected chi connectivity index (χ2v) is 4.57. The van der Waals surface area contributed by atoms with Gasteiger partial charge in [0.2, 0.25) is 5.88 Å². The molecular weight excluding hydrogens is 248 g/mol. The minimum absolute atomic E-state index is 0.0144. The number of hydrogen-bond acceptors (Lipinski definition) is 3. The van der Waals surface area contributed by atoms with Crippen molar-refractivity contribution in [1.82, 2.24) is 4.98 Å². The molecule has 1 atom stereocenters. The van der Waals surface area contributed by atoms with E-state index in [1.807, 2.05) is 43.3 Å². The van der Waals surface area contributed by atoms with Gasteiger partial charge in [0.15, 0.2) is 0 Å². The lowest BCUT2D eigenvalue weighted by atomic mass is 10.2. The van der Waals surface area contributed by atoms with E-state index in [4.69, 9.17) is 22.1 Å². The average molecular weight is 263 g/mol. The number of rotatable bonds is 4. The minimum Gasteiger partial charge on any atom is -0.473 e. The Morgan fingerprint density at radius 1 is 1.33 bits per heavy atom. The fourth-order valence-corrected chi connectivity index (χ4v) is 1.74. The Morgan fingerprint density at radius 3 is 2.78 bits per heavy atom. The van der Waals surface area contributed by atoms with E-state index < -0.39 is 0 Å². The first kappa shape index (κ1) is 12.9. The van der Waals surface area contributed by atoms with Crippen LogP contribution in [-0.4, -0.2) is 4.98 Å². The van der Waals surface area contributed by atoms with Gasteiger partial charge in [-0.1, -0.05) is 29.8 Å². The summed E-state index contributed by atoms with van der Waals surface area (Å²) in [6, 6.07) is 11.3. The van der Waals surface area contributed by atoms with Crippen LogP contribution in [0.25, 0.3) is 0 Å². The van der Waals surface area contributed by atoms with Gasteiger partial charge in [-0.3, -0.25) is 0 Å². The number of halogens is 1. The Kier molecular flexibility index (Phi) is 4.18. The monoisotopic (exact) mass is 262 g/mol. The van der Waals surface area contributed by atoms with E-state index in [2.05, 4.69) is 4.98 Å². The molecule has 0 saturated carbocycles. The van der Waals surface area contributed by atoms with Crippen molar-refractivity contribution in [2.24, 2.45) is 5.73 Å². The molecular formula is C14H15ClN2O. The molecule has 0 fully saturated rings. The Bertz CT molecular complexity index is 511. The molecule has 94 valence electrons. The first-order valence-corrected chi connectivity index (χ1v) is 6.12. The Hall–Kier alpha value is -1.58. The highest BCUT2D eigenvalue weighted by molar-refractivity contribution is 6.30. The van der Waals surface area contributed by atoms with Gasteiger partial charge >= 0.3 is 0 Å². The van der Waals surface area contributed by atoms with Gasteiger partial charge < -0.3 is 10.5 Å². The summed E-state index contributed by atoms with van der Waals surface area (Å²) in [6.45, 7) is 2.37. The molecule has 0 amide bonds. The van der Waals surface area contributed by atoms with Crippen molar-refractivity contribution >= 4 is 11.6 Å². The van der Waals surface area contributed by atoms with Gasteiger partial charge in [0, 0.05) is 23.3 Å². The summed E-state index contributed by atoms with van der Waals surface area (Å²) < 4.78 is 5.57. The van der Waals surface area contributed by atoms with E-state index in [1.54, 1.807) is 6.20 Å². The molecule has 2 rings (SSSR count). The van der Waals surface area contributed by atoms with Crippen LogP contribution >= 0.6 is 11.6 Å². The van der Waals surface area contributed by atoms with Crippen molar-refractivity contribution < 1.29 is 4.74 Å². The van der Waals surface area contributed by atoms with Crippen LogP contribution in [0.4, 0.5) is 0 Å². The molecule has 0 aliphatic rings. The number of ether oxygens (including phenoxy) is 1. The summed E-state index contributed by atoms with van der Waals surface area (Å²) in [6.07, 6.45) is 1.73. The smallest absolute Gasteiger partial charge is 0.213 e. The molecule has 0 saturated heterocycles. The molecule has 2 aromatic rings. The van der Waals surface area contributed by atoms with E-state index in [0.29, 0.717) is 17.5 Å². The van der Waals surface area contributed by atoms with Gasteiger partial charge in [-0.2, -0.15) is 0 Å². The third-order valence-corrected chi connectivity index (χ3v) is 2.80. The van der Waals surface area contributed by atoms with Gasteiger partial charge in [0.25, 0.3) is 0 Å². The van der Waals surface area contributed by atoms with Crippen LogP contribution in [0.3, 0.4) is 0 Å². The zero-order valence-electron chi connectivity index (χ0n) is 10.1. The van der Waals surface area contributed by atoms with Gasteiger partial charge in [0.05, 0.1) is 0 Å². The predicted molar refractivity (Wildman–Crippen MR) is 72.6 cm³/mol. The van der Waals surface area contributed by atoms with Crippen LogP contribution in [0.1, 0.15) is 24.1 Å². The Balaban J connectivity index is 1.98. The van der Waals surface area contributed by atoms with Crippen LogP contribution in [0.2, 0.25) is 5.02 Å². The lowest BCUT2D eigenvalue weighted by molar-refractivity contribution is 0.293. The molecule has 1 heterocycles. The van der Waals surface area contributed by atoms with Crippen LogP contribution in [-0.2, 0) is 6.61 Å². The van der Waals surface area contributed by atoms with Gasteiger partial charge in [-0.15, -0.1) is 0 Å². The number of pyridine rings is 1. The Labute approximate surface area is 112 Å². The molecule has 0 unspecified atom stereocenters. The van der Waals surface area contributed by atoms with E-state index in [-0.39, 0.29) is 6.04 Å². The lowest BCUT2D eigenvalue weighted by Crippen LogP contribution is -2.05. The normalized spacial score (nSPS) is 12.2. The average Bonchev–Trinajstić information content (AvgIpc) is 2.37. The molecule has 1 aromatic heterocycles. The second kappa shape index (κ2) is 5.85. The van der Waals surface area contributed by atoms with Crippen molar-refractivity contribution in [2.75, 3.05) is 0 Å². The molecule has 1 aromatic carbocycles. The van der Waals surface area contributed by atoms with Crippen LogP contribution in [0.5, 0.6) is 5.88 Å². The molecule has 2 N–H and O–H groups in total. The summed E-state index contributed by atoms with van der Waals surface area (Å²) in [5.41, 5.74) is 7.76. The molecule has 0 aliphatic heterocycles. The maximum atomic E-state index is 5.90. The highest BCUT2D eigenvalue weighted by Crippen LogP contribution is 2.15. The summed E-state index contributed by atoms with van der Waals surface area (Å²) in [5.74, 6) is 0.583. The summed E-state index contributed by atoms with van der Waals surface area (Å²) in [4.78, 5) is 4.20. The van der Waals surface area contributed by atoms with Crippen molar-refractivity contribution in [3.8, 4) is 5.88 Å². The first-order valence-electron chi connectivity index (χ1n) is 5.74. The third-order valence-electron chi connectivity index (χ3n) is 2.56. The number of nitrogens with zero attached hydrogens (tertiary/aromatic N) is 1. The van der Waals surface area contributed by atoms with E-state index in [0.717, 1.165) is 11.1 Å². The predicted octanol–water partition coefficient (Wildman–Crippen LogP) is 3.33. The van der Waals surface area contributed by atoms with Crippen molar-refractivity contribution in [3.63, 3.8) is 0 Å². The summed E-state index contributed by atoms with van der Waals surface area (Å²) >= 11 is 5.90. The largest absolute Gasteiger partial charge is 0.473 e. The molecule has 0 radical (unpaired) electrons. The number of hydrogen-bond donors (Lipinski definition) is 1. The zero-order chi connectivity index (χ0) is 13.0. The molecule has 0 bridgehead atoms. The Morgan fingerprint density at radius 2 is 2.17 bits per heavy atom. The topological polar surface area (TPSA) is 48.1 Å². The van der Waals surface area contributed by atoms with Crippen LogP contribution in [0, 0.1) is 0 Å². The van der Waals surface area contributed by atoms with E-state index in [9.17, 15) is 0 Å². The van der Waals surface area contributed by atoms with Gasteiger partial charge in [-0.25, -0.2) is 4.98 Å². The molecule has 3 nitrogen and oxygen atoms in total. The molecule has 0 aliphatic carbocycles. The second-order valence-electron chi connectivity index (χ2n) is 4.14. The number of benzene rings is 1. The van der Waals surface area contributed by atoms with Crippen molar-refractivity contribution in [2.45, 2.75) is 19.6 Å². The number of nitrogens with two attached hydrogens (primary N) is 1. The first-order chi connectivity index (χ1) is 8.65. The summed E-state index contributed by atoms with van der Waals surface area (Å²) in [5, 5.41) is 0.705. The third kappa shape index (κ3) is 3.45. The van der Waals surface area contributed by atoms with E-state index >= 15 is 0 Å². The van der Waals surface area contributed by atoms with Crippen molar-refractivity contribution in [3.05, 3.63) is 58.7 Å². The molecule has 4 heteroatoms. The fraction of sp³-hybridized carbons (Fsp3) is 0.214. The van der Waals surface area contributed by atoms with E-state index in [1.165, 1.54) is 0 Å². The highest BCUT2D eigenvalue weighted by atomic mass is 35.5. The SMILES string of the molecule is C[C@@H](N)c1ccc(OCc2cccc(Cl)c2)nc1. The van der Waals surface area contributed by atoms with Gasteiger partial charge in [0.1, 0.15) is 6.61 Å². The molecule has 0 spiro atoms. The van der Waals surface area contributed by atoms with Crippen LogP contribution in [0.15, 0.2) is 42.6 Å². The lowest BCUT2D eigenvalue weighted by Gasteiger charge is -2.08. The summed E-state index contributed by atoms with van der Waals surface area (Å²) in [7, 11) is 0. The minimum atomic E-state index is -0.0144. The number of aromatic nitrogens is 1. The fourth-order valence-electron chi connectivity index (χ4n) is 1.53. The van der Waals surface area contributed by atoms with Crippen LogP contribution < -0.4 is 10.5 Å². The standard InChI is InChI=1S/C14H15ClN2O/c1-10(16)12-5-6-14(17-8-12)18-9-11-3-2-4-13(15)7-11/h2-8,10H,9,16H2,1H3/t10-/m1/s1. The highest BCUT2D eigenvalue weighted by Gasteiger charge is 2.01. The van der Waals surface area contributed by atoms with Crippen molar-refractivity contribution in [1.29, 1.82) is 0 Å².